The van der Waals surface area contributed by atoms with Gasteiger partial charge in [-0.1, -0.05) is 70.9 Å². The van der Waals surface area contributed by atoms with Crippen LogP contribution in [0.5, 0.6) is 11.5 Å². The van der Waals surface area contributed by atoms with E-state index in [4.69, 9.17) is 37.4 Å². The molecule has 204 valence electrons. The Labute approximate surface area is 244 Å². The number of ether oxygens (including phenoxy) is 3. The highest BCUT2D eigenvalue weighted by Gasteiger charge is 2.33. The molecule has 0 N–H and O–H groups in total. The van der Waals surface area contributed by atoms with Crippen LogP contribution in [0.2, 0.25) is 10.0 Å². The maximum absolute atomic E-state index is 13.8. The molecule has 0 spiro atoms. The van der Waals surface area contributed by atoms with Crippen LogP contribution >= 0.6 is 34.5 Å². The molecule has 0 fully saturated rings. The number of hydrogen-bond donors (Lipinski definition) is 0. The molecule has 1 aliphatic heterocycles. The first-order valence-corrected chi connectivity index (χ1v) is 13.8. The molecule has 2 heterocycles. The highest BCUT2D eigenvalue weighted by atomic mass is 35.5. The van der Waals surface area contributed by atoms with Gasteiger partial charge in [0.15, 0.2) is 16.3 Å². The van der Waals surface area contributed by atoms with Crippen molar-refractivity contribution in [2.24, 2.45) is 4.99 Å². The van der Waals surface area contributed by atoms with E-state index in [0.717, 1.165) is 11.1 Å². The van der Waals surface area contributed by atoms with E-state index in [1.807, 2.05) is 30.3 Å². The van der Waals surface area contributed by atoms with Crippen LogP contribution in [0.3, 0.4) is 0 Å². The minimum Gasteiger partial charge on any atom is -0.493 e. The van der Waals surface area contributed by atoms with Crippen molar-refractivity contribution in [3.05, 3.63) is 124 Å². The zero-order valence-electron chi connectivity index (χ0n) is 21.8. The second-order valence-electron chi connectivity index (χ2n) is 8.92. The molecule has 7 nitrogen and oxygen atoms in total. The molecule has 10 heteroatoms. The standard InChI is InChI=1S/C30H24Cl2N2O5S/c1-17-26(29(36)38-3)27(19-9-11-21(31)12-10-19)34-28(35)25(40-30(34)33-17)15-18-8-13-23(24(14-18)37-2)39-16-20-6-4-5-7-22(20)32/h4-15,27H,16H2,1-3H3/b25-15-/t27-/m0/s1. The van der Waals surface area contributed by atoms with E-state index in [-0.39, 0.29) is 12.2 Å². The molecular formula is C30H24Cl2N2O5S. The van der Waals surface area contributed by atoms with Crippen molar-refractivity contribution < 1.29 is 19.0 Å². The molecule has 1 aromatic heterocycles. The van der Waals surface area contributed by atoms with E-state index < -0.39 is 12.0 Å². The number of carbonyl (C=O) groups is 1. The van der Waals surface area contributed by atoms with Crippen molar-refractivity contribution in [1.29, 1.82) is 0 Å². The van der Waals surface area contributed by atoms with Crippen LogP contribution in [0.25, 0.3) is 6.08 Å². The molecule has 0 aliphatic carbocycles. The Bertz CT molecular complexity index is 1810. The monoisotopic (exact) mass is 594 g/mol. The number of hydrogen-bond acceptors (Lipinski definition) is 7. The Morgan fingerprint density at radius 1 is 1.05 bits per heavy atom. The highest BCUT2D eigenvalue weighted by molar-refractivity contribution is 7.07. The average molecular weight is 596 g/mol. The van der Waals surface area contributed by atoms with Crippen LogP contribution in [0.4, 0.5) is 0 Å². The molecule has 0 bridgehead atoms. The van der Waals surface area contributed by atoms with Gasteiger partial charge >= 0.3 is 5.97 Å². The second kappa shape index (κ2) is 11.7. The fourth-order valence-electron chi connectivity index (χ4n) is 4.47. The van der Waals surface area contributed by atoms with Crippen LogP contribution < -0.4 is 24.4 Å². The predicted molar refractivity (Wildman–Crippen MR) is 156 cm³/mol. The average Bonchev–Trinajstić information content (AvgIpc) is 3.26. The Balaban J connectivity index is 1.55. The third-order valence-electron chi connectivity index (χ3n) is 6.44. The van der Waals surface area contributed by atoms with Gasteiger partial charge in [0.05, 0.1) is 36.1 Å². The van der Waals surface area contributed by atoms with E-state index in [2.05, 4.69) is 4.99 Å². The maximum atomic E-state index is 13.8. The van der Waals surface area contributed by atoms with Crippen molar-refractivity contribution in [2.45, 2.75) is 19.6 Å². The van der Waals surface area contributed by atoms with Gasteiger partial charge in [0, 0.05) is 15.6 Å². The van der Waals surface area contributed by atoms with Gasteiger partial charge in [0.25, 0.3) is 5.56 Å². The molecule has 0 amide bonds. The summed E-state index contributed by atoms with van der Waals surface area (Å²) in [6.07, 6.45) is 1.76. The zero-order valence-corrected chi connectivity index (χ0v) is 24.1. The number of thiazole rings is 1. The summed E-state index contributed by atoms with van der Waals surface area (Å²) in [5.74, 6) is 0.506. The quantitative estimate of drug-likeness (QED) is 0.271. The van der Waals surface area contributed by atoms with Crippen LogP contribution in [0, 0.1) is 0 Å². The minimum absolute atomic E-state index is 0.278. The van der Waals surface area contributed by atoms with Gasteiger partial charge in [-0.2, -0.15) is 0 Å². The number of benzene rings is 3. The Morgan fingerprint density at radius 2 is 1.80 bits per heavy atom. The van der Waals surface area contributed by atoms with Crippen LogP contribution in [-0.2, 0) is 16.1 Å². The van der Waals surface area contributed by atoms with Crippen LogP contribution in [0.1, 0.15) is 29.7 Å². The van der Waals surface area contributed by atoms with Gasteiger partial charge in [0.2, 0.25) is 0 Å². The molecule has 0 saturated carbocycles. The Morgan fingerprint density at radius 3 is 2.50 bits per heavy atom. The summed E-state index contributed by atoms with van der Waals surface area (Å²) >= 11 is 13.6. The first-order chi connectivity index (χ1) is 19.3. The van der Waals surface area contributed by atoms with Gasteiger partial charge in [-0.05, 0) is 54.5 Å². The molecule has 0 saturated heterocycles. The molecule has 1 atom stereocenters. The molecule has 5 rings (SSSR count). The van der Waals surface area contributed by atoms with Gasteiger partial charge in [0.1, 0.15) is 6.61 Å². The normalized spacial score (nSPS) is 14.9. The van der Waals surface area contributed by atoms with E-state index in [0.29, 0.717) is 47.7 Å². The molecule has 4 aromatic rings. The van der Waals surface area contributed by atoms with E-state index in [1.165, 1.54) is 23.0 Å². The van der Waals surface area contributed by atoms with E-state index in [1.54, 1.807) is 56.5 Å². The van der Waals surface area contributed by atoms with Crippen molar-refractivity contribution >= 4 is 46.6 Å². The number of methoxy groups -OCH3 is 2. The first-order valence-electron chi connectivity index (χ1n) is 12.2. The minimum atomic E-state index is -0.710. The van der Waals surface area contributed by atoms with E-state index >= 15 is 0 Å². The number of rotatable bonds is 7. The lowest BCUT2D eigenvalue weighted by molar-refractivity contribution is -0.136. The molecule has 0 unspecified atom stereocenters. The Kier molecular flexibility index (Phi) is 8.12. The number of aromatic nitrogens is 1. The molecule has 3 aromatic carbocycles. The largest absolute Gasteiger partial charge is 0.493 e. The lowest BCUT2D eigenvalue weighted by Gasteiger charge is -2.24. The smallest absolute Gasteiger partial charge is 0.338 e. The summed E-state index contributed by atoms with van der Waals surface area (Å²) in [5, 5.41) is 1.17. The van der Waals surface area contributed by atoms with Crippen LogP contribution in [0.15, 0.2) is 87.8 Å². The van der Waals surface area contributed by atoms with Gasteiger partial charge in [-0.15, -0.1) is 0 Å². The lowest BCUT2D eigenvalue weighted by Crippen LogP contribution is -2.39. The first kappa shape index (κ1) is 27.7. The molecule has 0 radical (unpaired) electrons. The summed E-state index contributed by atoms with van der Waals surface area (Å²) in [6.45, 7) is 2.01. The van der Waals surface area contributed by atoms with Crippen molar-refractivity contribution in [2.75, 3.05) is 14.2 Å². The SMILES string of the molecule is COC(=O)C1=C(C)N=c2s/c(=C\c3ccc(OCc4ccccc4Cl)c(OC)c3)c(=O)n2[C@H]1c1ccc(Cl)cc1. The van der Waals surface area contributed by atoms with Gasteiger partial charge in [-0.3, -0.25) is 9.36 Å². The van der Waals surface area contributed by atoms with Gasteiger partial charge in [-0.25, -0.2) is 9.79 Å². The number of esters is 1. The summed E-state index contributed by atoms with van der Waals surface area (Å²) in [4.78, 5) is 31.6. The van der Waals surface area contributed by atoms with Gasteiger partial charge < -0.3 is 14.2 Å². The summed E-state index contributed by atoms with van der Waals surface area (Å²) in [5.41, 5.74) is 2.81. The predicted octanol–water partition coefficient (Wildman–Crippen LogP) is 5.30. The fourth-order valence-corrected chi connectivity index (χ4v) is 5.83. The van der Waals surface area contributed by atoms with Crippen molar-refractivity contribution in [3.8, 4) is 11.5 Å². The van der Waals surface area contributed by atoms with Crippen LogP contribution in [-0.4, -0.2) is 24.8 Å². The third kappa shape index (κ3) is 5.43. The summed E-state index contributed by atoms with van der Waals surface area (Å²) in [7, 11) is 2.86. The zero-order chi connectivity index (χ0) is 28.4. The molecule has 1 aliphatic rings. The number of nitrogens with zero attached hydrogens (tertiary/aromatic N) is 2. The van der Waals surface area contributed by atoms with E-state index in [9.17, 15) is 9.59 Å². The lowest BCUT2D eigenvalue weighted by atomic mass is 9.96. The fraction of sp³-hybridized carbons (Fsp3) is 0.167. The van der Waals surface area contributed by atoms with Crippen molar-refractivity contribution in [3.63, 3.8) is 0 Å². The highest BCUT2D eigenvalue weighted by Crippen LogP contribution is 2.32. The molecular weight excluding hydrogens is 571 g/mol. The topological polar surface area (TPSA) is 79.1 Å². The second-order valence-corrected chi connectivity index (χ2v) is 10.8. The Hall–Kier alpha value is -3.85. The summed E-state index contributed by atoms with van der Waals surface area (Å²) in [6, 6.07) is 19.2. The molecule has 40 heavy (non-hydrogen) atoms. The van der Waals surface area contributed by atoms with Crippen molar-refractivity contribution in [1.82, 2.24) is 4.57 Å². The number of halogens is 2. The number of carbonyl (C=O) groups excluding carboxylic acids is 1. The third-order valence-corrected chi connectivity index (χ3v) is 8.04. The maximum Gasteiger partial charge on any atom is 0.338 e. The number of allylic oxidation sites excluding steroid dienone is 1. The summed E-state index contributed by atoms with van der Waals surface area (Å²) < 4.78 is 18.5. The number of fused-ring (bicyclic) bond motifs is 1.